The second-order valence-electron chi connectivity index (χ2n) is 9.22. The van der Waals surface area contributed by atoms with Gasteiger partial charge in [-0.15, -0.1) is 0 Å². The zero-order chi connectivity index (χ0) is 21.7. The van der Waals surface area contributed by atoms with Crippen molar-refractivity contribution in [2.75, 3.05) is 29.6 Å². The smallest absolute Gasteiger partial charge is 0.319 e. The summed E-state index contributed by atoms with van der Waals surface area (Å²) in [7, 11) is 3.93. The van der Waals surface area contributed by atoms with E-state index in [4.69, 9.17) is 0 Å². The first kappa shape index (κ1) is 21.9. The Morgan fingerprint density at radius 1 is 1.03 bits per heavy atom. The van der Waals surface area contributed by atoms with E-state index in [1.165, 1.54) is 0 Å². The standard InChI is InChI=1S/C23H34N6O/c1-23(2,3)18-8-6-7-9-19(18)27-22(30)26-17-12-10-16(11-13-17)25-21-24-15-14-20(28-21)29(4)5/h6-9,14-17H,10-13H2,1-5H3,(H,24,25,28)(H2,26,27,30)/t16-,17+. The Morgan fingerprint density at radius 2 is 1.70 bits per heavy atom. The molecule has 2 amide bonds. The average Bonchev–Trinajstić information content (AvgIpc) is 2.69. The monoisotopic (exact) mass is 410 g/mol. The summed E-state index contributed by atoms with van der Waals surface area (Å²) < 4.78 is 0. The number of benzene rings is 1. The van der Waals surface area contributed by atoms with Crippen molar-refractivity contribution in [3.8, 4) is 0 Å². The summed E-state index contributed by atoms with van der Waals surface area (Å²) in [6.07, 6.45) is 5.58. The molecule has 0 atom stereocenters. The van der Waals surface area contributed by atoms with E-state index in [1.807, 2.05) is 43.3 Å². The van der Waals surface area contributed by atoms with Gasteiger partial charge in [-0.25, -0.2) is 9.78 Å². The summed E-state index contributed by atoms with van der Waals surface area (Å²) in [5.41, 5.74) is 1.98. The van der Waals surface area contributed by atoms with Gasteiger partial charge in [-0.2, -0.15) is 4.98 Å². The highest BCUT2D eigenvalue weighted by atomic mass is 16.2. The predicted molar refractivity (Wildman–Crippen MR) is 123 cm³/mol. The van der Waals surface area contributed by atoms with Gasteiger partial charge in [0, 0.05) is 38.1 Å². The number of para-hydroxylation sites is 1. The largest absolute Gasteiger partial charge is 0.363 e. The minimum absolute atomic E-state index is 0.0282. The van der Waals surface area contributed by atoms with Crippen molar-refractivity contribution in [3.63, 3.8) is 0 Å². The maximum Gasteiger partial charge on any atom is 0.319 e. The van der Waals surface area contributed by atoms with Gasteiger partial charge in [-0.05, 0) is 48.8 Å². The van der Waals surface area contributed by atoms with Gasteiger partial charge in [0.15, 0.2) is 0 Å². The van der Waals surface area contributed by atoms with E-state index >= 15 is 0 Å². The van der Waals surface area contributed by atoms with Crippen molar-refractivity contribution in [2.45, 2.75) is 64.0 Å². The second kappa shape index (κ2) is 9.32. The molecule has 7 nitrogen and oxygen atoms in total. The molecule has 0 aliphatic heterocycles. The molecule has 1 aliphatic rings. The van der Waals surface area contributed by atoms with Crippen LogP contribution in [0.5, 0.6) is 0 Å². The minimum atomic E-state index is -0.134. The van der Waals surface area contributed by atoms with Crippen molar-refractivity contribution < 1.29 is 4.79 Å². The third-order valence-corrected chi connectivity index (χ3v) is 5.48. The fourth-order valence-corrected chi connectivity index (χ4v) is 3.82. The third-order valence-electron chi connectivity index (χ3n) is 5.48. The maximum absolute atomic E-state index is 12.6. The van der Waals surface area contributed by atoms with Gasteiger partial charge in [0.05, 0.1) is 0 Å². The lowest BCUT2D eigenvalue weighted by Gasteiger charge is -2.30. The van der Waals surface area contributed by atoms with Crippen LogP contribution >= 0.6 is 0 Å². The van der Waals surface area contributed by atoms with Gasteiger partial charge in [-0.1, -0.05) is 39.0 Å². The molecule has 2 aromatic rings. The van der Waals surface area contributed by atoms with Crippen molar-refractivity contribution in [1.29, 1.82) is 0 Å². The molecule has 0 spiro atoms. The number of nitrogens with zero attached hydrogens (tertiary/aromatic N) is 3. The van der Waals surface area contributed by atoms with Crippen molar-refractivity contribution in [3.05, 3.63) is 42.1 Å². The number of urea groups is 1. The predicted octanol–water partition coefficient (Wildman–Crippen LogP) is 4.38. The molecular weight excluding hydrogens is 376 g/mol. The number of hydrogen-bond donors (Lipinski definition) is 3. The first-order chi connectivity index (χ1) is 14.2. The molecule has 30 heavy (non-hydrogen) atoms. The Labute approximate surface area is 179 Å². The Kier molecular flexibility index (Phi) is 6.80. The molecule has 0 unspecified atom stereocenters. The van der Waals surface area contributed by atoms with E-state index in [0.29, 0.717) is 12.0 Å². The van der Waals surface area contributed by atoms with Crippen LogP contribution in [0.3, 0.4) is 0 Å². The average molecular weight is 411 g/mol. The van der Waals surface area contributed by atoms with Crippen LogP contribution in [0, 0.1) is 0 Å². The van der Waals surface area contributed by atoms with Crippen molar-refractivity contribution in [1.82, 2.24) is 15.3 Å². The molecule has 1 aromatic heterocycles. The van der Waals surface area contributed by atoms with Gasteiger partial charge in [0.25, 0.3) is 0 Å². The van der Waals surface area contributed by atoms with E-state index in [9.17, 15) is 4.79 Å². The molecule has 1 fully saturated rings. The third kappa shape index (κ3) is 5.84. The van der Waals surface area contributed by atoms with Gasteiger partial charge >= 0.3 is 6.03 Å². The number of anilines is 3. The molecule has 0 bridgehead atoms. The van der Waals surface area contributed by atoms with E-state index < -0.39 is 0 Å². The number of amides is 2. The molecule has 1 heterocycles. The first-order valence-corrected chi connectivity index (χ1v) is 10.7. The Hall–Kier alpha value is -2.83. The Morgan fingerprint density at radius 3 is 2.37 bits per heavy atom. The molecular formula is C23H34N6O. The number of carbonyl (C=O) groups excluding carboxylic acids is 1. The van der Waals surface area contributed by atoms with E-state index in [2.05, 4.69) is 52.8 Å². The van der Waals surface area contributed by atoms with Crippen LogP contribution in [0.15, 0.2) is 36.5 Å². The van der Waals surface area contributed by atoms with Crippen LogP contribution in [-0.4, -0.2) is 42.2 Å². The van der Waals surface area contributed by atoms with Crippen LogP contribution in [0.1, 0.15) is 52.0 Å². The molecule has 0 radical (unpaired) electrons. The molecule has 0 saturated heterocycles. The van der Waals surface area contributed by atoms with Crippen molar-refractivity contribution >= 4 is 23.5 Å². The number of carbonyl (C=O) groups is 1. The highest BCUT2D eigenvalue weighted by Crippen LogP contribution is 2.29. The number of nitrogens with one attached hydrogen (secondary N) is 3. The molecule has 7 heteroatoms. The maximum atomic E-state index is 12.6. The highest BCUT2D eigenvalue weighted by Gasteiger charge is 2.24. The highest BCUT2D eigenvalue weighted by molar-refractivity contribution is 5.90. The lowest BCUT2D eigenvalue weighted by molar-refractivity contribution is 0.243. The van der Waals surface area contributed by atoms with Crippen LogP contribution in [0.2, 0.25) is 0 Å². The summed E-state index contributed by atoms with van der Waals surface area (Å²) in [5.74, 6) is 1.55. The minimum Gasteiger partial charge on any atom is -0.363 e. The lowest BCUT2D eigenvalue weighted by atomic mass is 9.86. The van der Waals surface area contributed by atoms with Gasteiger partial charge in [-0.3, -0.25) is 0 Å². The zero-order valence-corrected chi connectivity index (χ0v) is 18.7. The van der Waals surface area contributed by atoms with Crippen LogP contribution in [0.4, 0.5) is 22.2 Å². The fraction of sp³-hybridized carbons (Fsp3) is 0.522. The van der Waals surface area contributed by atoms with Gasteiger partial charge < -0.3 is 20.9 Å². The lowest BCUT2D eigenvalue weighted by Crippen LogP contribution is -2.42. The molecule has 162 valence electrons. The van der Waals surface area contributed by atoms with Gasteiger partial charge in [0.1, 0.15) is 5.82 Å². The molecule has 1 saturated carbocycles. The topological polar surface area (TPSA) is 82.2 Å². The number of aromatic nitrogens is 2. The summed E-state index contributed by atoms with van der Waals surface area (Å²) >= 11 is 0. The summed E-state index contributed by atoms with van der Waals surface area (Å²) in [4.78, 5) is 23.4. The first-order valence-electron chi connectivity index (χ1n) is 10.7. The number of rotatable bonds is 5. The molecule has 3 rings (SSSR count). The Bertz CT molecular complexity index is 853. The normalized spacial score (nSPS) is 19.1. The molecule has 1 aromatic carbocycles. The van der Waals surface area contributed by atoms with Crippen LogP contribution < -0.4 is 20.9 Å². The van der Waals surface area contributed by atoms with E-state index in [-0.39, 0.29) is 17.5 Å². The van der Waals surface area contributed by atoms with E-state index in [0.717, 1.165) is 42.8 Å². The van der Waals surface area contributed by atoms with Gasteiger partial charge in [0.2, 0.25) is 5.95 Å². The Balaban J connectivity index is 1.49. The van der Waals surface area contributed by atoms with Crippen LogP contribution in [-0.2, 0) is 5.41 Å². The summed E-state index contributed by atoms with van der Waals surface area (Å²) in [6, 6.07) is 10.3. The summed E-state index contributed by atoms with van der Waals surface area (Å²) in [5, 5.41) is 9.62. The van der Waals surface area contributed by atoms with Crippen molar-refractivity contribution in [2.24, 2.45) is 0 Å². The summed E-state index contributed by atoms with van der Waals surface area (Å²) in [6.45, 7) is 6.45. The fourth-order valence-electron chi connectivity index (χ4n) is 3.82. The SMILES string of the molecule is CN(C)c1ccnc(N[C@H]2CC[C@@H](NC(=O)Nc3ccccc3C(C)(C)C)CC2)n1. The van der Waals surface area contributed by atoms with E-state index in [1.54, 1.807) is 6.20 Å². The molecule has 1 aliphatic carbocycles. The number of hydrogen-bond acceptors (Lipinski definition) is 5. The van der Waals surface area contributed by atoms with Crippen LogP contribution in [0.25, 0.3) is 0 Å². The molecule has 3 N–H and O–H groups in total. The quantitative estimate of drug-likeness (QED) is 0.681. The zero-order valence-electron chi connectivity index (χ0n) is 18.7. The second-order valence-corrected chi connectivity index (χ2v) is 9.22.